The first kappa shape index (κ1) is 31.1. The van der Waals surface area contributed by atoms with Crippen molar-refractivity contribution in [3.8, 4) is 23.0 Å². The van der Waals surface area contributed by atoms with Gasteiger partial charge in [0.2, 0.25) is 0 Å². The highest BCUT2D eigenvalue weighted by Crippen LogP contribution is 2.39. The minimum absolute atomic E-state index is 0.129. The Morgan fingerprint density at radius 2 is 1.16 bits per heavy atom. The minimum Gasteiger partial charge on any atom is -0.507 e. The van der Waals surface area contributed by atoms with E-state index in [2.05, 4.69) is 74.4 Å². The number of phenolic OH excluding ortho intramolecular Hbond substituents is 3. The summed E-state index contributed by atoms with van der Waals surface area (Å²) in [5, 5.41) is 31.3. The maximum Gasteiger partial charge on any atom is 0.160 e. The smallest absolute Gasteiger partial charge is 0.160 e. The average molecular weight is 521 g/mol. The van der Waals surface area contributed by atoms with Crippen LogP contribution in [0, 0.1) is 13.8 Å². The molecule has 3 rings (SSSR count). The zero-order valence-corrected chi connectivity index (χ0v) is 25.1. The zero-order valence-electron chi connectivity index (χ0n) is 25.1. The van der Waals surface area contributed by atoms with E-state index in [4.69, 9.17) is 4.74 Å². The van der Waals surface area contributed by atoms with E-state index in [1.807, 2.05) is 24.3 Å². The van der Waals surface area contributed by atoms with Gasteiger partial charge in [-0.15, -0.1) is 0 Å². The monoisotopic (exact) mass is 520 g/mol. The van der Waals surface area contributed by atoms with Crippen molar-refractivity contribution >= 4 is 0 Å². The lowest BCUT2D eigenvalue weighted by molar-refractivity contribution is 0.370. The molecule has 4 heteroatoms. The Kier molecular flexibility index (Phi) is 10.3. The van der Waals surface area contributed by atoms with E-state index >= 15 is 0 Å². The van der Waals surface area contributed by atoms with E-state index in [-0.39, 0.29) is 10.8 Å². The molecule has 0 bridgehead atoms. The van der Waals surface area contributed by atoms with E-state index in [1.165, 1.54) is 0 Å². The maximum absolute atomic E-state index is 10.8. The molecule has 38 heavy (non-hydrogen) atoms. The van der Waals surface area contributed by atoms with Gasteiger partial charge in [-0.2, -0.15) is 0 Å². The van der Waals surface area contributed by atoms with Crippen LogP contribution in [0.4, 0.5) is 0 Å². The molecule has 0 atom stereocenters. The predicted molar refractivity (Wildman–Crippen MR) is 159 cm³/mol. The standard InChI is InChI=1S/C23H32O2.C11H16O2/c1-14-9-16(20(24)18(11-14)22(3,4)5)13-17-10-15(2)12-19(21(17)25)23(6,7)8;1-3-4-6-9-7-5-8-10(13-2)11(9)12/h9-12,24-25H,13H2,1-8H3;5,7-8,12H,3-4,6H2,1-2H3. The molecule has 0 fully saturated rings. The van der Waals surface area contributed by atoms with Gasteiger partial charge in [-0.25, -0.2) is 0 Å². The summed E-state index contributed by atoms with van der Waals surface area (Å²) in [6.07, 6.45) is 3.67. The highest BCUT2D eigenvalue weighted by atomic mass is 16.5. The van der Waals surface area contributed by atoms with Gasteiger partial charge in [0.05, 0.1) is 7.11 Å². The summed E-state index contributed by atoms with van der Waals surface area (Å²) in [5.41, 5.74) is 6.60. The molecule has 0 unspecified atom stereocenters. The Labute approximate surface area is 230 Å². The molecular weight excluding hydrogens is 472 g/mol. The fraction of sp³-hybridized carbons (Fsp3) is 0.471. The molecule has 0 radical (unpaired) electrons. The quantitative estimate of drug-likeness (QED) is 0.304. The van der Waals surface area contributed by atoms with Crippen LogP contribution in [0.2, 0.25) is 0 Å². The molecule has 208 valence electrons. The van der Waals surface area contributed by atoms with Gasteiger partial charge in [0, 0.05) is 6.42 Å². The van der Waals surface area contributed by atoms with E-state index in [0.29, 0.717) is 29.4 Å². The lowest BCUT2D eigenvalue weighted by Crippen LogP contribution is -2.14. The number of hydrogen-bond donors (Lipinski definition) is 3. The summed E-state index contributed by atoms with van der Waals surface area (Å²) in [6, 6.07) is 13.7. The van der Waals surface area contributed by atoms with Gasteiger partial charge < -0.3 is 20.1 Å². The lowest BCUT2D eigenvalue weighted by atomic mass is 9.81. The van der Waals surface area contributed by atoms with Gasteiger partial charge in [0.25, 0.3) is 0 Å². The van der Waals surface area contributed by atoms with Gasteiger partial charge in [0.15, 0.2) is 11.5 Å². The van der Waals surface area contributed by atoms with Crippen molar-refractivity contribution in [2.45, 2.75) is 98.8 Å². The Hall–Kier alpha value is -3.14. The van der Waals surface area contributed by atoms with Crippen molar-refractivity contribution < 1.29 is 20.1 Å². The molecular formula is C34H48O4. The third kappa shape index (κ3) is 7.93. The van der Waals surface area contributed by atoms with Crippen LogP contribution in [-0.2, 0) is 23.7 Å². The number of aryl methyl sites for hydroxylation is 3. The second-order valence-electron chi connectivity index (χ2n) is 12.4. The molecule has 0 saturated carbocycles. The molecule has 0 saturated heterocycles. The van der Waals surface area contributed by atoms with Crippen molar-refractivity contribution in [2.24, 2.45) is 0 Å². The number of unbranched alkanes of at least 4 members (excludes halogenated alkanes) is 1. The van der Waals surface area contributed by atoms with Crippen molar-refractivity contribution in [1.82, 2.24) is 0 Å². The first-order valence-corrected chi connectivity index (χ1v) is 13.6. The van der Waals surface area contributed by atoms with Gasteiger partial charge >= 0.3 is 0 Å². The van der Waals surface area contributed by atoms with Crippen LogP contribution in [0.15, 0.2) is 42.5 Å². The number of para-hydroxylation sites is 1. The van der Waals surface area contributed by atoms with Crippen LogP contribution < -0.4 is 4.74 Å². The molecule has 0 amide bonds. The summed E-state index contributed by atoms with van der Waals surface area (Å²) in [4.78, 5) is 0. The normalized spacial score (nSPS) is 11.6. The van der Waals surface area contributed by atoms with Crippen LogP contribution in [0.1, 0.15) is 100 Å². The molecule has 4 nitrogen and oxygen atoms in total. The zero-order chi connectivity index (χ0) is 28.8. The summed E-state index contributed by atoms with van der Waals surface area (Å²) in [6.45, 7) is 18.9. The number of methoxy groups -OCH3 is 1. The second kappa shape index (κ2) is 12.6. The number of hydrogen-bond acceptors (Lipinski definition) is 4. The number of aromatic hydroxyl groups is 3. The van der Waals surface area contributed by atoms with E-state index in [1.54, 1.807) is 13.2 Å². The molecule has 0 aliphatic heterocycles. The van der Waals surface area contributed by atoms with Crippen LogP contribution in [0.5, 0.6) is 23.0 Å². The number of phenols is 3. The van der Waals surface area contributed by atoms with Gasteiger partial charge in [0.1, 0.15) is 11.5 Å². The molecule has 0 aliphatic carbocycles. The van der Waals surface area contributed by atoms with Crippen molar-refractivity contribution in [1.29, 1.82) is 0 Å². The van der Waals surface area contributed by atoms with E-state index < -0.39 is 0 Å². The fourth-order valence-electron chi connectivity index (χ4n) is 4.63. The number of benzene rings is 3. The SMILES string of the molecule is CCCCc1cccc(OC)c1O.Cc1cc(Cc2cc(C)cc(C(C)(C)C)c2O)c(O)c(C(C)(C)C)c1. The third-order valence-corrected chi connectivity index (χ3v) is 6.77. The Morgan fingerprint density at radius 3 is 1.55 bits per heavy atom. The van der Waals surface area contributed by atoms with Crippen LogP contribution in [-0.4, -0.2) is 22.4 Å². The first-order valence-electron chi connectivity index (χ1n) is 13.6. The number of rotatable bonds is 6. The van der Waals surface area contributed by atoms with Gasteiger partial charge in [-0.05, 0) is 71.4 Å². The van der Waals surface area contributed by atoms with Crippen molar-refractivity contribution in [3.63, 3.8) is 0 Å². The first-order chi connectivity index (χ1) is 17.6. The fourth-order valence-corrected chi connectivity index (χ4v) is 4.63. The molecule has 3 aromatic rings. The summed E-state index contributed by atoms with van der Waals surface area (Å²) >= 11 is 0. The number of ether oxygens (including phenoxy) is 1. The average Bonchev–Trinajstić information content (AvgIpc) is 2.81. The lowest BCUT2D eigenvalue weighted by Gasteiger charge is -2.25. The molecule has 0 spiro atoms. The highest BCUT2D eigenvalue weighted by Gasteiger charge is 2.24. The third-order valence-electron chi connectivity index (χ3n) is 6.77. The highest BCUT2D eigenvalue weighted by molar-refractivity contribution is 5.53. The summed E-state index contributed by atoms with van der Waals surface area (Å²) in [5.74, 6) is 1.54. The minimum atomic E-state index is -0.129. The summed E-state index contributed by atoms with van der Waals surface area (Å²) in [7, 11) is 1.57. The molecule has 3 N–H and O–H groups in total. The Balaban J connectivity index is 0.000000328. The molecule has 0 heterocycles. The Morgan fingerprint density at radius 1 is 0.684 bits per heavy atom. The predicted octanol–water partition coefficient (Wildman–Crippen LogP) is 8.64. The van der Waals surface area contributed by atoms with E-state index in [9.17, 15) is 15.3 Å². The maximum atomic E-state index is 10.8. The molecule has 0 aliphatic rings. The van der Waals surface area contributed by atoms with Gasteiger partial charge in [-0.3, -0.25) is 0 Å². The molecule has 0 aromatic heterocycles. The van der Waals surface area contributed by atoms with Crippen molar-refractivity contribution in [3.05, 3.63) is 81.4 Å². The van der Waals surface area contributed by atoms with Gasteiger partial charge in [-0.1, -0.05) is 102 Å². The van der Waals surface area contributed by atoms with Crippen LogP contribution in [0.25, 0.3) is 0 Å². The van der Waals surface area contributed by atoms with Crippen molar-refractivity contribution in [2.75, 3.05) is 7.11 Å². The van der Waals surface area contributed by atoms with Crippen LogP contribution in [0.3, 0.4) is 0 Å². The topological polar surface area (TPSA) is 69.9 Å². The van der Waals surface area contributed by atoms with Crippen LogP contribution >= 0.6 is 0 Å². The Bertz CT molecular complexity index is 1160. The molecule has 3 aromatic carbocycles. The van der Waals surface area contributed by atoms with E-state index in [0.717, 1.165) is 58.2 Å². The largest absolute Gasteiger partial charge is 0.507 e. The second-order valence-corrected chi connectivity index (χ2v) is 12.4. The summed E-state index contributed by atoms with van der Waals surface area (Å²) < 4.78 is 5.02.